The number of primary amides is 1. The number of carbonyl (C=O) groups is 2. The molecular weight excluding hydrogens is 196 g/mol. The second-order valence-corrected chi connectivity index (χ2v) is 2.79. The van der Waals surface area contributed by atoms with E-state index in [-0.39, 0.29) is 17.0 Å². The summed E-state index contributed by atoms with van der Waals surface area (Å²) < 4.78 is 0. The Balaban J connectivity index is 3.12. The number of anilines is 1. The Morgan fingerprint density at radius 1 is 1.47 bits per heavy atom. The highest BCUT2D eigenvalue weighted by molar-refractivity contribution is 6.06. The summed E-state index contributed by atoms with van der Waals surface area (Å²) in [6.07, 6.45) is 1.05. The van der Waals surface area contributed by atoms with Gasteiger partial charge in [0, 0.05) is 6.07 Å². The predicted molar refractivity (Wildman–Crippen MR) is 55.5 cm³/mol. The molecule has 0 fully saturated rings. The van der Waals surface area contributed by atoms with Gasteiger partial charge in [-0.2, -0.15) is 0 Å². The first-order chi connectivity index (χ1) is 7.04. The van der Waals surface area contributed by atoms with Gasteiger partial charge in [-0.3, -0.25) is 9.59 Å². The first-order valence-electron chi connectivity index (χ1n) is 4.11. The molecule has 78 valence electrons. The van der Waals surface area contributed by atoms with Gasteiger partial charge in [0.25, 0.3) is 5.91 Å². The minimum Gasteiger partial charge on any atom is -0.508 e. The van der Waals surface area contributed by atoms with Crippen LogP contribution in [0, 0.1) is 0 Å². The third kappa shape index (κ3) is 2.57. The van der Waals surface area contributed by atoms with Gasteiger partial charge < -0.3 is 16.2 Å². The predicted octanol–water partition coefficient (Wildman–Crippen LogP) is 0.616. The summed E-state index contributed by atoms with van der Waals surface area (Å²) in [5.41, 5.74) is 5.37. The van der Waals surface area contributed by atoms with Crippen molar-refractivity contribution in [3.8, 4) is 5.75 Å². The van der Waals surface area contributed by atoms with Gasteiger partial charge in [0.1, 0.15) is 5.75 Å². The first-order valence-corrected chi connectivity index (χ1v) is 4.11. The Bertz CT molecular complexity index is 427. The molecule has 0 bridgehead atoms. The van der Waals surface area contributed by atoms with E-state index in [1.165, 1.54) is 18.2 Å². The third-order valence-corrected chi connectivity index (χ3v) is 1.71. The number of nitrogens with two attached hydrogens (primary N) is 1. The number of hydrogen-bond acceptors (Lipinski definition) is 3. The standard InChI is InChI=1S/C10H10N2O3/c1-2-9(14)12-8-5-6(13)3-4-7(8)10(11)15/h2-5,13H,1H2,(H2,11,15)(H,12,14). The smallest absolute Gasteiger partial charge is 0.250 e. The zero-order valence-electron chi connectivity index (χ0n) is 7.86. The monoisotopic (exact) mass is 206 g/mol. The minimum absolute atomic E-state index is 0.0700. The molecule has 1 rings (SSSR count). The van der Waals surface area contributed by atoms with Gasteiger partial charge in [-0.1, -0.05) is 6.58 Å². The van der Waals surface area contributed by atoms with Crippen LogP contribution in [0.25, 0.3) is 0 Å². The van der Waals surface area contributed by atoms with Crippen LogP contribution in [0.1, 0.15) is 10.4 Å². The van der Waals surface area contributed by atoms with Crippen molar-refractivity contribution in [1.82, 2.24) is 0 Å². The quantitative estimate of drug-likeness (QED) is 0.633. The Hall–Kier alpha value is -2.30. The zero-order valence-corrected chi connectivity index (χ0v) is 7.86. The first kappa shape index (κ1) is 10.8. The average Bonchev–Trinajstić information content (AvgIpc) is 2.17. The number of rotatable bonds is 3. The van der Waals surface area contributed by atoms with Gasteiger partial charge >= 0.3 is 0 Å². The second-order valence-electron chi connectivity index (χ2n) is 2.79. The average molecular weight is 206 g/mol. The van der Waals surface area contributed by atoms with Gasteiger partial charge in [-0.05, 0) is 18.2 Å². The van der Waals surface area contributed by atoms with Crippen LogP contribution in [0.4, 0.5) is 5.69 Å². The molecule has 4 N–H and O–H groups in total. The lowest BCUT2D eigenvalue weighted by Gasteiger charge is -2.07. The van der Waals surface area contributed by atoms with E-state index in [2.05, 4.69) is 11.9 Å². The van der Waals surface area contributed by atoms with Crippen LogP contribution in [0.2, 0.25) is 0 Å². The van der Waals surface area contributed by atoms with E-state index in [4.69, 9.17) is 5.73 Å². The van der Waals surface area contributed by atoms with Gasteiger partial charge in [0.15, 0.2) is 0 Å². The van der Waals surface area contributed by atoms with E-state index in [9.17, 15) is 14.7 Å². The molecule has 5 nitrogen and oxygen atoms in total. The minimum atomic E-state index is -0.686. The summed E-state index contributed by atoms with van der Waals surface area (Å²) in [7, 11) is 0. The Kier molecular flexibility index (Phi) is 3.07. The number of benzene rings is 1. The number of phenolic OH excluding ortho intramolecular Hbond substituents is 1. The van der Waals surface area contributed by atoms with Crippen molar-refractivity contribution in [3.05, 3.63) is 36.4 Å². The zero-order chi connectivity index (χ0) is 11.4. The molecule has 0 aromatic heterocycles. The lowest BCUT2D eigenvalue weighted by molar-refractivity contribution is -0.111. The number of phenols is 1. The summed E-state index contributed by atoms with van der Waals surface area (Å²) >= 11 is 0. The Labute approximate surface area is 86.2 Å². The fourth-order valence-electron chi connectivity index (χ4n) is 1.03. The molecule has 1 aromatic carbocycles. The lowest BCUT2D eigenvalue weighted by Crippen LogP contribution is -2.16. The highest BCUT2D eigenvalue weighted by Crippen LogP contribution is 2.21. The number of nitrogens with one attached hydrogen (secondary N) is 1. The highest BCUT2D eigenvalue weighted by Gasteiger charge is 2.10. The van der Waals surface area contributed by atoms with Gasteiger partial charge in [0.2, 0.25) is 5.91 Å². The van der Waals surface area contributed by atoms with E-state index in [0.717, 1.165) is 6.08 Å². The van der Waals surface area contributed by atoms with Crippen molar-refractivity contribution < 1.29 is 14.7 Å². The summed E-state index contributed by atoms with van der Waals surface area (Å²) in [6.45, 7) is 3.26. The molecule has 2 amide bonds. The Morgan fingerprint density at radius 3 is 2.67 bits per heavy atom. The van der Waals surface area contributed by atoms with Crippen molar-refractivity contribution in [2.24, 2.45) is 5.73 Å². The summed E-state index contributed by atoms with van der Waals surface area (Å²) in [6, 6.07) is 3.88. The fourth-order valence-corrected chi connectivity index (χ4v) is 1.03. The highest BCUT2D eigenvalue weighted by atomic mass is 16.3. The maximum atomic E-state index is 11.0. The normalized spacial score (nSPS) is 9.33. The largest absolute Gasteiger partial charge is 0.508 e. The molecule has 0 heterocycles. The number of aromatic hydroxyl groups is 1. The molecule has 0 radical (unpaired) electrons. The molecule has 1 aromatic rings. The van der Waals surface area contributed by atoms with Crippen LogP contribution < -0.4 is 11.1 Å². The molecule has 0 unspecified atom stereocenters. The summed E-state index contributed by atoms with van der Waals surface area (Å²) in [5, 5.41) is 11.5. The van der Waals surface area contributed by atoms with Gasteiger partial charge in [-0.15, -0.1) is 0 Å². The van der Waals surface area contributed by atoms with E-state index >= 15 is 0 Å². The van der Waals surface area contributed by atoms with Crippen molar-refractivity contribution in [1.29, 1.82) is 0 Å². The van der Waals surface area contributed by atoms with Crippen LogP contribution >= 0.6 is 0 Å². The summed E-state index contributed by atoms with van der Waals surface area (Å²) in [5.74, 6) is -1.24. The number of carbonyl (C=O) groups excluding carboxylic acids is 2. The molecule has 0 saturated heterocycles. The van der Waals surface area contributed by atoms with Crippen LogP contribution in [0.5, 0.6) is 5.75 Å². The SMILES string of the molecule is C=CC(=O)Nc1cc(O)ccc1C(N)=O. The second kappa shape index (κ2) is 4.28. The maximum absolute atomic E-state index is 11.0. The topological polar surface area (TPSA) is 92.4 Å². The number of hydrogen-bond donors (Lipinski definition) is 3. The van der Waals surface area contributed by atoms with Crippen LogP contribution in [0.15, 0.2) is 30.9 Å². The van der Waals surface area contributed by atoms with E-state index in [0.29, 0.717) is 0 Å². The fraction of sp³-hybridized carbons (Fsp3) is 0. The van der Waals surface area contributed by atoms with Crippen LogP contribution in [-0.4, -0.2) is 16.9 Å². The van der Waals surface area contributed by atoms with Crippen molar-refractivity contribution >= 4 is 17.5 Å². The van der Waals surface area contributed by atoms with Crippen LogP contribution in [-0.2, 0) is 4.79 Å². The lowest BCUT2D eigenvalue weighted by atomic mass is 10.1. The maximum Gasteiger partial charge on any atom is 0.250 e. The Morgan fingerprint density at radius 2 is 2.13 bits per heavy atom. The van der Waals surface area contributed by atoms with Crippen molar-refractivity contribution in [2.75, 3.05) is 5.32 Å². The van der Waals surface area contributed by atoms with Crippen molar-refractivity contribution in [2.45, 2.75) is 0 Å². The van der Waals surface area contributed by atoms with E-state index in [1.807, 2.05) is 0 Å². The molecule has 0 spiro atoms. The molecule has 0 aliphatic carbocycles. The van der Waals surface area contributed by atoms with E-state index in [1.54, 1.807) is 0 Å². The number of amides is 2. The molecule has 15 heavy (non-hydrogen) atoms. The van der Waals surface area contributed by atoms with Gasteiger partial charge in [-0.25, -0.2) is 0 Å². The summed E-state index contributed by atoms with van der Waals surface area (Å²) in [4.78, 5) is 22.0. The molecule has 0 saturated carbocycles. The third-order valence-electron chi connectivity index (χ3n) is 1.71. The molecule has 0 aliphatic rings. The molecule has 0 aliphatic heterocycles. The molecule has 0 atom stereocenters. The van der Waals surface area contributed by atoms with E-state index < -0.39 is 11.8 Å². The molecule has 5 heteroatoms. The van der Waals surface area contributed by atoms with Crippen LogP contribution in [0.3, 0.4) is 0 Å². The van der Waals surface area contributed by atoms with Gasteiger partial charge in [0.05, 0.1) is 11.3 Å². The van der Waals surface area contributed by atoms with Crippen molar-refractivity contribution in [3.63, 3.8) is 0 Å². The molecular formula is C10H10N2O3.